The van der Waals surface area contributed by atoms with E-state index in [-0.39, 0.29) is 23.1 Å². The maximum atomic E-state index is 13.9. The van der Waals surface area contributed by atoms with Gasteiger partial charge in [0.2, 0.25) is 0 Å². The van der Waals surface area contributed by atoms with Crippen molar-refractivity contribution in [1.82, 2.24) is 9.80 Å². The van der Waals surface area contributed by atoms with Crippen LogP contribution >= 0.6 is 0 Å². The van der Waals surface area contributed by atoms with Gasteiger partial charge < -0.3 is 19.1 Å². The van der Waals surface area contributed by atoms with E-state index in [9.17, 15) is 18.0 Å². The largest absolute Gasteiger partial charge is 0.456 e. The topological polar surface area (TPSA) is 51.2 Å². The van der Waals surface area contributed by atoms with Crippen LogP contribution in [0.2, 0.25) is 0 Å². The fourth-order valence-corrected chi connectivity index (χ4v) is 6.36. The van der Waals surface area contributed by atoms with Crippen molar-refractivity contribution in [2.75, 3.05) is 80.6 Å². The number of carbonyl (C=O) groups is 1. The molecule has 224 valence electrons. The summed E-state index contributed by atoms with van der Waals surface area (Å²) in [4.78, 5) is 16.5. The molecule has 39 heavy (non-hydrogen) atoms. The third-order valence-corrected chi connectivity index (χ3v) is 7.84. The van der Waals surface area contributed by atoms with Gasteiger partial charge in [0.25, 0.3) is 0 Å². The van der Waals surface area contributed by atoms with Gasteiger partial charge in [0.05, 0.1) is 13.2 Å². The molecule has 0 saturated carbocycles. The van der Waals surface area contributed by atoms with Crippen LogP contribution in [-0.4, -0.2) is 102 Å². The van der Waals surface area contributed by atoms with Crippen molar-refractivity contribution < 1.29 is 32.2 Å². The predicted molar refractivity (Wildman–Crippen MR) is 148 cm³/mol. The minimum Gasteiger partial charge on any atom is -0.456 e. The first kappa shape index (κ1) is 33.5. The maximum Gasteiger partial charge on any atom is 0.338 e. The molecule has 1 aromatic rings. The van der Waals surface area contributed by atoms with E-state index in [0.29, 0.717) is 52.1 Å². The quantitative estimate of drug-likeness (QED) is 0.235. The molecule has 0 amide bonds. The van der Waals surface area contributed by atoms with Crippen LogP contribution in [-0.2, 0) is 25.4 Å². The summed E-state index contributed by atoms with van der Waals surface area (Å²) < 4.78 is 57.2. The summed E-state index contributed by atoms with van der Waals surface area (Å²) in [6.07, 6.45) is 2.47. The molecule has 0 heterocycles. The van der Waals surface area contributed by atoms with Gasteiger partial charge in [-0.1, -0.05) is 26.8 Å². The first-order chi connectivity index (χ1) is 18.5. The molecule has 0 saturated heterocycles. The highest BCUT2D eigenvalue weighted by atomic mass is 19.1. The van der Waals surface area contributed by atoms with Gasteiger partial charge in [-0.3, -0.25) is 4.90 Å². The van der Waals surface area contributed by atoms with Gasteiger partial charge >= 0.3 is 5.97 Å². The van der Waals surface area contributed by atoms with Crippen molar-refractivity contribution in [2.45, 2.75) is 58.0 Å². The number of alkyl halides is 2. The molecule has 0 aliphatic heterocycles. The first-order valence-electron chi connectivity index (χ1n) is 14.0. The SMILES string of the molecule is COCC(C)(COC)CN(CCF)CCCN(C)CCC1(OC(=O)CF)CCc2cc(F)ccc2C1C(C)C. The van der Waals surface area contributed by atoms with Crippen molar-refractivity contribution >= 4 is 5.97 Å². The highest BCUT2D eigenvalue weighted by molar-refractivity contribution is 5.71. The van der Waals surface area contributed by atoms with Crippen LogP contribution in [0.25, 0.3) is 0 Å². The van der Waals surface area contributed by atoms with E-state index in [4.69, 9.17) is 14.2 Å². The lowest BCUT2D eigenvalue weighted by atomic mass is 9.65. The summed E-state index contributed by atoms with van der Waals surface area (Å²) in [7, 11) is 5.33. The van der Waals surface area contributed by atoms with E-state index >= 15 is 0 Å². The van der Waals surface area contributed by atoms with Crippen LogP contribution in [0.4, 0.5) is 13.2 Å². The molecule has 2 atom stereocenters. The number of benzene rings is 1. The van der Waals surface area contributed by atoms with E-state index in [1.165, 1.54) is 6.07 Å². The maximum absolute atomic E-state index is 13.9. The number of fused-ring (bicyclic) bond motifs is 1. The van der Waals surface area contributed by atoms with Gasteiger partial charge in [0.15, 0.2) is 6.67 Å². The molecular formula is C30H49F3N2O4. The molecule has 0 bridgehead atoms. The van der Waals surface area contributed by atoms with Crippen LogP contribution in [0.1, 0.15) is 57.1 Å². The summed E-state index contributed by atoms with van der Waals surface area (Å²) in [5.74, 6) is -1.19. The Kier molecular flexibility index (Phi) is 13.7. The second kappa shape index (κ2) is 15.9. The van der Waals surface area contributed by atoms with Crippen LogP contribution in [0, 0.1) is 17.2 Å². The Bertz CT molecular complexity index is 882. The third kappa shape index (κ3) is 9.73. The van der Waals surface area contributed by atoms with E-state index < -0.39 is 24.9 Å². The normalized spacial score (nSPS) is 19.6. The standard InChI is InChI=1S/C30H49F3N2O4/c1-23(2)28-26-9-8-25(33)18-24(26)10-11-30(28,39-27(36)19-32)12-16-34(4)14-7-15-35(17-13-31)20-29(3,21-37-5)22-38-6/h8-9,18,23,28H,7,10-17,19-22H2,1-6H3. The Morgan fingerprint density at radius 2 is 1.82 bits per heavy atom. The number of nitrogens with zero attached hydrogens (tertiary/aromatic N) is 2. The van der Waals surface area contributed by atoms with Crippen LogP contribution in [0.3, 0.4) is 0 Å². The number of methoxy groups -OCH3 is 2. The lowest BCUT2D eigenvalue weighted by Gasteiger charge is -2.47. The molecule has 0 N–H and O–H groups in total. The number of ether oxygens (including phenoxy) is 3. The van der Waals surface area contributed by atoms with Gasteiger partial charge in [0, 0.05) is 51.6 Å². The lowest BCUT2D eigenvalue weighted by molar-refractivity contribution is -0.168. The molecule has 1 aliphatic carbocycles. The molecule has 1 aliphatic rings. The zero-order valence-corrected chi connectivity index (χ0v) is 24.7. The minimum absolute atomic E-state index is 0.106. The van der Waals surface area contributed by atoms with Crippen LogP contribution < -0.4 is 0 Å². The molecule has 0 radical (unpaired) electrons. The molecule has 0 spiro atoms. The van der Waals surface area contributed by atoms with Crippen molar-refractivity contribution in [2.24, 2.45) is 11.3 Å². The van der Waals surface area contributed by atoms with Crippen molar-refractivity contribution in [1.29, 1.82) is 0 Å². The number of hydrogen-bond acceptors (Lipinski definition) is 6. The number of rotatable bonds is 18. The summed E-state index contributed by atoms with van der Waals surface area (Å²) in [6.45, 7) is 8.83. The van der Waals surface area contributed by atoms with Gasteiger partial charge in [0.1, 0.15) is 18.1 Å². The third-order valence-electron chi connectivity index (χ3n) is 7.84. The summed E-state index contributed by atoms with van der Waals surface area (Å²) in [6, 6.07) is 4.79. The van der Waals surface area contributed by atoms with Crippen molar-refractivity contribution in [3.8, 4) is 0 Å². The van der Waals surface area contributed by atoms with Gasteiger partial charge in [-0.05, 0) is 68.6 Å². The minimum atomic E-state index is -1.17. The van der Waals surface area contributed by atoms with Crippen LogP contribution in [0.5, 0.6) is 0 Å². The van der Waals surface area contributed by atoms with Crippen molar-refractivity contribution in [3.05, 3.63) is 35.1 Å². The van der Waals surface area contributed by atoms with E-state index in [2.05, 4.69) is 30.6 Å². The second-order valence-corrected chi connectivity index (χ2v) is 11.8. The molecule has 0 aromatic heterocycles. The molecular weight excluding hydrogens is 509 g/mol. The molecule has 0 fully saturated rings. The lowest BCUT2D eigenvalue weighted by Crippen LogP contribution is -2.49. The summed E-state index contributed by atoms with van der Waals surface area (Å²) in [5.41, 5.74) is 0.808. The molecule has 1 aromatic carbocycles. The monoisotopic (exact) mass is 558 g/mol. The summed E-state index contributed by atoms with van der Waals surface area (Å²) >= 11 is 0. The zero-order valence-electron chi connectivity index (χ0n) is 24.7. The predicted octanol–water partition coefficient (Wildman–Crippen LogP) is 5.05. The number of aryl methyl sites for hydroxylation is 1. The Morgan fingerprint density at radius 1 is 1.13 bits per heavy atom. The average molecular weight is 559 g/mol. The number of hydrogen-bond donors (Lipinski definition) is 0. The average Bonchev–Trinajstić information content (AvgIpc) is 2.87. The van der Waals surface area contributed by atoms with Gasteiger partial charge in [-0.25, -0.2) is 18.0 Å². The number of carbonyl (C=O) groups excluding carboxylic acids is 1. The highest BCUT2D eigenvalue weighted by Crippen LogP contribution is 2.48. The van der Waals surface area contributed by atoms with E-state index in [1.807, 2.05) is 7.05 Å². The van der Waals surface area contributed by atoms with Gasteiger partial charge in [-0.2, -0.15) is 0 Å². The number of esters is 1. The molecule has 2 unspecified atom stereocenters. The zero-order chi connectivity index (χ0) is 29.1. The fourth-order valence-electron chi connectivity index (χ4n) is 6.36. The Balaban J connectivity index is 2.08. The van der Waals surface area contributed by atoms with Crippen LogP contribution in [0.15, 0.2) is 18.2 Å². The van der Waals surface area contributed by atoms with Gasteiger partial charge in [-0.15, -0.1) is 0 Å². The Labute approximate surface area is 233 Å². The highest BCUT2D eigenvalue weighted by Gasteiger charge is 2.47. The molecule has 2 rings (SSSR count). The summed E-state index contributed by atoms with van der Waals surface area (Å²) in [5, 5.41) is 0. The smallest absolute Gasteiger partial charge is 0.338 e. The first-order valence-corrected chi connectivity index (χ1v) is 14.0. The molecule has 9 heteroatoms. The fraction of sp³-hybridized carbons (Fsp3) is 0.767. The Morgan fingerprint density at radius 3 is 2.41 bits per heavy atom. The second-order valence-electron chi connectivity index (χ2n) is 11.8. The number of halogens is 3. The Hall–Kier alpha value is -1.68. The molecule has 6 nitrogen and oxygen atoms in total. The van der Waals surface area contributed by atoms with E-state index in [0.717, 1.165) is 30.6 Å². The van der Waals surface area contributed by atoms with Crippen molar-refractivity contribution in [3.63, 3.8) is 0 Å². The van der Waals surface area contributed by atoms with E-state index in [1.54, 1.807) is 26.4 Å².